The van der Waals surface area contributed by atoms with Gasteiger partial charge in [0, 0.05) is 6.54 Å². The molecular weight excluding hydrogens is 210 g/mol. The summed E-state index contributed by atoms with van der Waals surface area (Å²) < 4.78 is 5.38. The summed E-state index contributed by atoms with van der Waals surface area (Å²) in [5.41, 5.74) is 3.28. The predicted octanol–water partition coefficient (Wildman–Crippen LogP) is 2.68. The number of nitrogens with one attached hydrogen (secondary N) is 1. The zero-order chi connectivity index (χ0) is 12.0. The Kier molecular flexibility index (Phi) is 2.44. The molecule has 1 aromatic rings. The van der Waals surface area contributed by atoms with Gasteiger partial charge in [-0.15, -0.1) is 0 Å². The van der Waals surface area contributed by atoms with Crippen LogP contribution in [0.15, 0.2) is 18.2 Å². The molecule has 1 saturated heterocycles. The molecule has 0 aromatic heterocycles. The van der Waals surface area contributed by atoms with Gasteiger partial charge in [-0.3, -0.25) is 0 Å². The van der Waals surface area contributed by atoms with Crippen LogP contribution < -0.4 is 10.1 Å². The van der Waals surface area contributed by atoms with Gasteiger partial charge in [-0.2, -0.15) is 0 Å². The fourth-order valence-corrected chi connectivity index (χ4v) is 3.52. The van der Waals surface area contributed by atoms with Crippen molar-refractivity contribution in [3.05, 3.63) is 29.3 Å². The van der Waals surface area contributed by atoms with E-state index in [2.05, 4.69) is 37.4 Å². The number of hydrogen-bond acceptors (Lipinski definition) is 2. The van der Waals surface area contributed by atoms with Gasteiger partial charge in [-0.1, -0.05) is 19.9 Å². The molecule has 17 heavy (non-hydrogen) atoms. The number of benzene rings is 1. The fraction of sp³-hybridized carbons (Fsp3) is 0.600. The van der Waals surface area contributed by atoms with Gasteiger partial charge in [-0.25, -0.2) is 0 Å². The summed E-state index contributed by atoms with van der Waals surface area (Å²) in [5, 5.41) is 3.58. The quantitative estimate of drug-likeness (QED) is 0.802. The van der Waals surface area contributed by atoms with Gasteiger partial charge in [0.15, 0.2) is 0 Å². The van der Waals surface area contributed by atoms with Crippen LogP contribution in [0.2, 0.25) is 0 Å². The van der Waals surface area contributed by atoms with Crippen molar-refractivity contribution in [2.45, 2.75) is 31.6 Å². The molecule has 2 atom stereocenters. The Bertz CT molecular complexity index is 439. The smallest absolute Gasteiger partial charge is 0.119 e. The van der Waals surface area contributed by atoms with Gasteiger partial charge in [0.1, 0.15) is 5.75 Å². The maximum atomic E-state index is 5.38. The molecule has 2 heteroatoms. The largest absolute Gasteiger partial charge is 0.497 e. The summed E-state index contributed by atoms with van der Waals surface area (Å²) in [6, 6.07) is 6.62. The SMILES string of the molecule is COc1ccc2c(c1)C(C)(C)C1CNCC2C1. The third-order valence-electron chi connectivity index (χ3n) is 4.77. The molecule has 1 fully saturated rings. The molecule has 1 heterocycles. The Morgan fingerprint density at radius 2 is 2.12 bits per heavy atom. The van der Waals surface area contributed by atoms with E-state index in [1.807, 2.05) is 0 Å². The molecule has 0 saturated carbocycles. The zero-order valence-electron chi connectivity index (χ0n) is 10.9. The van der Waals surface area contributed by atoms with Crippen LogP contribution in [0.1, 0.15) is 37.3 Å². The second-order valence-corrected chi connectivity index (χ2v) is 5.96. The third kappa shape index (κ3) is 1.58. The van der Waals surface area contributed by atoms with Crippen LogP contribution in [0.3, 0.4) is 0 Å². The Morgan fingerprint density at radius 1 is 1.29 bits per heavy atom. The molecule has 2 nitrogen and oxygen atoms in total. The number of methoxy groups -OCH3 is 1. The van der Waals surface area contributed by atoms with Crippen molar-refractivity contribution in [2.75, 3.05) is 20.2 Å². The molecule has 0 amide bonds. The van der Waals surface area contributed by atoms with Crippen LogP contribution in [-0.4, -0.2) is 20.2 Å². The second kappa shape index (κ2) is 3.74. The summed E-state index contributed by atoms with van der Waals surface area (Å²) in [7, 11) is 1.75. The van der Waals surface area contributed by atoms with Gasteiger partial charge < -0.3 is 10.1 Å². The van der Waals surface area contributed by atoms with Crippen LogP contribution >= 0.6 is 0 Å². The Hall–Kier alpha value is -1.02. The molecule has 1 aliphatic heterocycles. The second-order valence-electron chi connectivity index (χ2n) is 5.96. The molecule has 0 radical (unpaired) electrons. The van der Waals surface area contributed by atoms with Crippen LogP contribution in [0, 0.1) is 5.92 Å². The first-order valence-corrected chi connectivity index (χ1v) is 6.52. The topological polar surface area (TPSA) is 21.3 Å². The molecule has 1 aliphatic carbocycles. The summed E-state index contributed by atoms with van der Waals surface area (Å²) in [6.45, 7) is 7.03. The van der Waals surface area contributed by atoms with E-state index >= 15 is 0 Å². The average Bonchev–Trinajstić information content (AvgIpc) is 2.37. The molecule has 2 unspecified atom stereocenters. The van der Waals surface area contributed by atoms with Gasteiger partial charge in [-0.05, 0) is 53.5 Å². The lowest BCUT2D eigenvalue weighted by Gasteiger charge is -2.47. The highest BCUT2D eigenvalue weighted by Crippen LogP contribution is 2.48. The highest BCUT2D eigenvalue weighted by Gasteiger charge is 2.42. The van der Waals surface area contributed by atoms with E-state index < -0.39 is 0 Å². The van der Waals surface area contributed by atoms with Gasteiger partial charge in [0.25, 0.3) is 0 Å². The first kappa shape index (κ1) is 11.1. The van der Waals surface area contributed by atoms with E-state index in [-0.39, 0.29) is 5.41 Å². The number of rotatable bonds is 1. The molecule has 2 aliphatic rings. The van der Waals surface area contributed by atoms with E-state index in [0.29, 0.717) is 5.92 Å². The normalized spacial score (nSPS) is 29.6. The van der Waals surface area contributed by atoms with Crippen molar-refractivity contribution in [3.63, 3.8) is 0 Å². The van der Waals surface area contributed by atoms with Gasteiger partial charge >= 0.3 is 0 Å². The molecule has 2 bridgehead atoms. The maximum Gasteiger partial charge on any atom is 0.119 e. The third-order valence-corrected chi connectivity index (χ3v) is 4.77. The lowest BCUT2D eigenvalue weighted by atomic mass is 9.61. The maximum absolute atomic E-state index is 5.38. The van der Waals surface area contributed by atoms with E-state index in [1.165, 1.54) is 17.5 Å². The Balaban J connectivity index is 2.15. The highest BCUT2D eigenvalue weighted by molar-refractivity contribution is 5.45. The minimum Gasteiger partial charge on any atom is -0.497 e. The zero-order valence-corrected chi connectivity index (χ0v) is 10.9. The van der Waals surface area contributed by atoms with Crippen molar-refractivity contribution in [3.8, 4) is 5.75 Å². The summed E-state index contributed by atoms with van der Waals surface area (Å²) in [5.74, 6) is 2.44. The number of fused-ring (bicyclic) bond motifs is 4. The molecule has 0 spiro atoms. The fourth-order valence-electron chi connectivity index (χ4n) is 3.52. The number of ether oxygens (including phenoxy) is 1. The van der Waals surface area contributed by atoms with Crippen molar-refractivity contribution in [1.29, 1.82) is 0 Å². The number of hydrogen-bond donors (Lipinski definition) is 1. The molecule has 1 N–H and O–H groups in total. The van der Waals surface area contributed by atoms with Crippen LogP contribution in [0.4, 0.5) is 0 Å². The molecular formula is C15H21NO. The summed E-state index contributed by atoms with van der Waals surface area (Å²) in [4.78, 5) is 0. The summed E-state index contributed by atoms with van der Waals surface area (Å²) >= 11 is 0. The molecule has 92 valence electrons. The van der Waals surface area contributed by atoms with Crippen molar-refractivity contribution in [2.24, 2.45) is 5.92 Å². The number of piperidine rings is 1. The van der Waals surface area contributed by atoms with E-state index in [0.717, 1.165) is 24.8 Å². The van der Waals surface area contributed by atoms with Crippen molar-refractivity contribution < 1.29 is 4.74 Å². The van der Waals surface area contributed by atoms with Gasteiger partial charge in [0.05, 0.1) is 7.11 Å². The average molecular weight is 231 g/mol. The van der Waals surface area contributed by atoms with Crippen LogP contribution in [0.5, 0.6) is 5.75 Å². The predicted molar refractivity (Wildman–Crippen MR) is 69.7 cm³/mol. The first-order valence-electron chi connectivity index (χ1n) is 6.52. The van der Waals surface area contributed by atoms with Gasteiger partial charge in [0.2, 0.25) is 0 Å². The van der Waals surface area contributed by atoms with Crippen LogP contribution in [0.25, 0.3) is 0 Å². The Morgan fingerprint density at radius 3 is 2.88 bits per heavy atom. The minimum absolute atomic E-state index is 0.258. The van der Waals surface area contributed by atoms with Crippen LogP contribution in [-0.2, 0) is 5.41 Å². The lowest BCUT2D eigenvalue weighted by Crippen LogP contribution is -2.48. The molecule has 1 aromatic carbocycles. The lowest BCUT2D eigenvalue weighted by molar-refractivity contribution is 0.207. The molecule has 3 rings (SSSR count). The minimum atomic E-state index is 0.258. The first-order chi connectivity index (χ1) is 8.13. The van der Waals surface area contributed by atoms with E-state index in [9.17, 15) is 0 Å². The standard InChI is InChI=1S/C15H21NO/c1-15(2)11-6-10(8-16-9-11)13-5-4-12(17-3)7-14(13)15/h4-5,7,10-11,16H,6,8-9H2,1-3H3. The van der Waals surface area contributed by atoms with Crippen molar-refractivity contribution >= 4 is 0 Å². The summed E-state index contributed by atoms with van der Waals surface area (Å²) in [6.07, 6.45) is 1.33. The van der Waals surface area contributed by atoms with E-state index in [4.69, 9.17) is 4.74 Å². The monoisotopic (exact) mass is 231 g/mol. The Labute approximate surface area is 103 Å². The highest BCUT2D eigenvalue weighted by atomic mass is 16.5. The van der Waals surface area contributed by atoms with Crippen molar-refractivity contribution in [1.82, 2.24) is 5.32 Å². The van der Waals surface area contributed by atoms with E-state index in [1.54, 1.807) is 7.11 Å².